The maximum atomic E-state index is 11.2. The summed E-state index contributed by atoms with van der Waals surface area (Å²) < 4.78 is 22.4. The minimum atomic E-state index is -2.86. The first-order chi connectivity index (χ1) is 7.05. The summed E-state index contributed by atoms with van der Waals surface area (Å²) >= 11 is 0. The molecule has 0 radical (unpaired) electrons. The van der Waals surface area contributed by atoms with Gasteiger partial charge in [0.25, 0.3) is 0 Å². The van der Waals surface area contributed by atoms with Gasteiger partial charge in [0.1, 0.15) is 18.0 Å². The van der Waals surface area contributed by atoms with Crippen molar-refractivity contribution in [2.45, 2.75) is 12.5 Å². The van der Waals surface area contributed by atoms with Crippen LogP contribution < -0.4 is 11.1 Å². The first kappa shape index (κ1) is 10.2. The Morgan fingerprint density at radius 3 is 2.87 bits per heavy atom. The molecular formula is C8H12N4O2S. The van der Waals surface area contributed by atoms with E-state index in [1.54, 1.807) is 6.07 Å². The smallest absolute Gasteiger partial charge is 0.152 e. The van der Waals surface area contributed by atoms with E-state index in [2.05, 4.69) is 15.3 Å². The fraction of sp³-hybridized carbons (Fsp3) is 0.500. The molecule has 0 aromatic carbocycles. The molecule has 1 saturated heterocycles. The second kappa shape index (κ2) is 3.65. The van der Waals surface area contributed by atoms with E-state index in [-0.39, 0.29) is 17.5 Å². The van der Waals surface area contributed by atoms with Crippen LogP contribution in [0.4, 0.5) is 11.6 Å². The van der Waals surface area contributed by atoms with E-state index in [4.69, 9.17) is 5.73 Å². The van der Waals surface area contributed by atoms with Crippen molar-refractivity contribution in [3.8, 4) is 0 Å². The van der Waals surface area contributed by atoms with Crippen molar-refractivity contribution in [3.05, 3.63) is 12.4 Å². The molecule has 3 N–H and O–H groups in total. The van der Waals surface area contributed by atoms with Gasteiger partial charge in [0, 0.05) is 12.1 Å². The monoisotopic (exact) mass is 228 g/mol. The number of hydrogen-bond donors (Lipinski definition) is 2. The van der Waals surface area contributed by atoms with E-state index in [1.165, 1.54) is 6.33 Å². The predicted molar refractivity (Wildman–Crippen MR) is 57.1 cm³/mol. The molecule has 0 aliphatic carbocycles. The van der Waals surface area contributed by atoms with Crippen molar-refractivity contribution >= 4 is 21.5 Å². The van der Waals surface area contributed by atoms with Crippen LogP contribution in [0.3, 0.4) is 0 Å². The SMILES string of the molecule is Nc1cc(NC2CCS(=O)(=O)C2)ncn1. The minimum absolute atomic E-state index is 0.0655. The van der Waals surface area contributed by atoms with Gasteiger partial charge in [0.05, 0.1) is 11.5 Å². The molecule has 82 valence electrons. The Hall–Kier alpha value is -1.37. The van der Waals surface area contributed by atoms with Crippen LogP contribution in [-0.2, 0) is 9.84 Å². The second-order valence-electron chi connectivity index (χ2n) is 3.57. The van der Waals surface area contributed by atoms with E-state index in [0.717, 1.165) is 0 Å². The number of anilines is 2. The third kappa shape index (κ3) is 2.56. The van der Waals surface area contributed by atoms with Crippen molar-refractivity contribution in [1.82, 2.24) is 9.97 Å². The van der Waals surface area contributed by atoms with Crippen LogP contribution in [0, 0.1) is 0 Å². The Labute approximate surface area is 87.8 Å². The Balaban J connectivity index is 2.05. The Bertz CT molecular complexity index is 459. The van der Waals surface area contributed by atoms with E-state index in [9.17, 15) is 8.42 Å². The molecule has 15 heavy (non-hydrogen) atoms. The molecular weight excluding hydrogens is 216 g/mol. The summed E-state index contributed by atoms with van der Waals surface area (Å²) in [4.78, 5) is 7.71. The van der Waals surface area contributed by atoms with Crippen molar-refractivity contribution in [2.24, 2.45) is 0 Å². The summed E-state index contributed by atoms with van der Waals surface area (Å²) in [6.45, 7) is 0. The standard InChI is InChI=1S/C8H12N4O2S/c9-7-3-8(11-5-10-7)12-6-1-2-15(13,14)4-6/h3,5-6H,1-2,4H2,(H3,9,10,11,12). The predicted octanol–water partition coefficient (Wildman–Crippen LogP) is -0.342. The van der Waals surface area contributed by atoms with Gasteiger partial charge in [0.15, 0.2) is 9.84 Å². The zero-order chi connectivity index (χ0) is 10.9. The highest BCUT2D eigenvalue weighted by molar-refractivity contribution is 7.91. The van der Waals surface area contributed by atoms with E-state index < -0.39 is 9.84 Å². The molecule has 1 aliphatic heterocycles. The van der Waals surface area contributed by atoms with Gasteiger partial charge < -0.3 is 11.1 Å². The lowest BCUT2D eigenvalue weighted by Gasteiger charge is -2.10. The highest BCUT2D eigenvalue weighted by Gasteiger charge is 2.27. The molecule has 1 aromatic heterocycles. The average molecular weight is 228 g/mol. The summed E-state index contributed by atoms with van der Waals surface area (Å²) in [5, 5.41) is 3.03. The second-order valence-corrected chi connectivity index (χ2v) is 5.80. The molecule has 0 saturated carbocycles. The molecule has 1 atom stereocenters. The van der Waals surface area contributed by atoms with Gasteiger partial charge in [-0.05, 0) is 6.42 Å². The molecule has 2 rings (SSSR count). The number of nitrogen functional groups attached to an aromatic ring is 1. The summed E-state index contributed by atoms with van der Waals surface area (Å²) in [7, 11) is -2.86. The van der Waals surface area contributed by atoms with E-state index >= 15 is 0 Å². The van der Waals surface area contributed by atoms with Gasteiger partial charge in [-0.25, -0.2) is 18.4 Å². The molecule has 1 aromatic rings. The van der Waals surface area contributed by atoms with Crippen LogP contribution in [0.15, 0.2) is 12.4 Å². The van der Waals surface area contributed by atoms with Crippen LogP contribution in [0.2, 0.25) is 0 Å². The zero-order valence-corrected chi connectivity index (χ0v) is 8.87. The molecule has 1 unspecified atom stereocenters. The quantitative estimate of drug-likeness (QED) is 0.718. The molecule has 0 spiro atoms. The number of nitrogens with zero attached hydrogens (tertiary/aromatic N) is 2. The van der Waals surface area contributed by atoms with Crippen LogP contribution >= 0.6 is 0 Å². The third-order valence-electron chi connectivity index (χ3n) is 2.27. The van der Waals surface area contributed by atoms with Crippen molar-refractivity contribution in [3.63, 3.8) is 0 Å². The first-order valence-corrected chi connectivity index (χ1v) is 6.42. The molecule has 7 heteroatoms. The lowest BCUT2D eigenvalue weighted by Crippen LogP contribution is -2.21. The highest BCUT2D eigenvalue weighted by Crippen LogP contribution is 2.16. The van der Waals surface area contributed by atoms with Gasteiger partial charge in [-0.2, -0.15) is 0 Å². The molecule has 0 bridgehead atoms. The maximum Gasteiger partial charge on any atom is 0.152 e. The van der Waals surface area contributed by atoms with Gasteiger partial charge in [0.2, 0.25) is 0 Å². The summed E-state index contributed by atoms with van der Waals surface area (Å²) in [6, 6.07) is 1.52. The maximum absolute atomic E-state index is 11.2. The lowest BCUT2D eigenvalue weighted by molar-refractivity contribution is 0.602. The number of sulfone groups is 1. The van der Waals surface area contributed by atoms with Crippen LogP contribution in [0.5, 0.6) is 0 Å². The van der Waals surface area contributed by atoms with Gasteiger partial charge in [-0.3, -0.25) is 0 Å². The molecule has 6 nitrogen and oxygen atoms in total. The fourth-order valence-electron chi connectivity index (χ4n) is 1.57. The number of aromatic nitrogens is 2. The number of hydrogen-bond acceptors (Lipinski definition) is 6. The fourth-order valence-corrected chi connectivity index (χ4v) is 3.24. The summed E-state index contributed by atoms with van der Waals surface area (Å²) in [5.74, 6) is 1.35. The van der Waals surface area contributed by atoms with E-state index in [1.807, 2.05) is 0 Å². The van der Waals surface area contributed by atoms with Crippen LogP contribution in [0.25, 0.3) is 0 Å². The third-order valence-corrected chi connectivity index (χ3v) is 4.04. The zero-order valence-electron chi connectivity index (χ0n) is 8.05. The van der Waals surface area contributed by atoms with Crippen LogP contribution in [-0.4, -0.2) is 35.9 Å². The molecule has 1 fully saturated rings. The van der Waals surface area contributed by atoms with Crippen molar-refractivity contribution in [2.75, 3.05) is 22.6 Å². The number of nitrogens with two attached hydrogens (primary N) is 1. The Kier molecular flexibility index (Phi) is 2.47. The highest BCUT2D eigenvalue weighted by atomic mass is 32.2. The van der Waals surface area contributed by atoms with E-state index in [0.29, 0.717) is 18.1 Å². The number of nitrogens with one attached hydrogen (secondary N) is 1. The Morgan fingerprint density at radius 1 is 1.47 bits per heavy atom. The molecule has 0 amide bonds. The minimum Gasteiger partial charge on any atom is -0.384 e. The average Bonchev–Trinajstić information content (AvgIpc) is 2.45. The number of rotatable bonds is 2. The topological polar surface area (TPSA) is 98.0 Å². The van der Waals surface area contributed by atoms with Crippen molar-refractivity contribution in [1.29, 1.82) is 0 Å². The van der Waals surface area contributed by atoms with Gasteiger partial charge in [-0.15, -0.1) is 0 Å². The largest absolute Gasteiger partial charge is 0.384 e. The van der Waals surface area contributed by atoms with Gasteiger partial charge >= 0.3 is 0 Å². The van der Waals surface area contributed by atoms with Crippen LogP contribution in [0.1, 0.15) is 6.42 Å². The summed E-state index contributed by atoms with van der Waals surface area (Å²) in [6.07, 6.45) is 1.97. The molecule has 1 aliphatic rings. The normalized spacial score (nSPS) is 23.9. The lowest BCUT2D eigenvalue weighted by atomic mass is 10.2. The van der Waals surface area contributed by atoms with Crippen molar-refractivity contribution < 1.29 is 8.42 Å². The first-order valence-electron chi connectivity index (χ1n) is 4.60. The van der Waals surface area contributed by atoms with Gasteiger partial charge in [-0.1, -0.05) is 0 Å². The molecule has 2 heterocycles. The summed E-state index contributed by atoms with van der Waals surface area (Å²) in [5.41, 5.74) is 5.48. The Morgan fingerprint density at radius 2 is 2.27 bits per heavy atom.